The molecule has 1 saturated carbocycles. The number of hydrogen-bond acceptors (Lipinski definition) is 9. The zero-order valence-electron chi connectivity index (χ0n) is 25.2. The van der Waals surface area contributed by atoms with Gasteiger partial charge in [-0.2, -0.15) is 5.10 Å². The van der Waals surface area contributed by atoms with Crippen molar-refractivity contribution >= 4 is 29.1 Å². The van der Waals surface area contributed by atoms with Gasteiger partial charge in [0.25, 0.3) is 12.3 Å². The van der Waals surface area contributed by atoms with Gasteiger partial charge in [-0.25, -0.2) is 28.1 Å². The molecular weight excluding hydrogens is 623 g/mol. The van der Waals surface area contributed by atoms with Gasteiger partial charge >= 0.3 is 0 Å². The van der Waals surface area contributed by atoms with Crippen molar-refractivity contribution in [2.75, 3.05) is 30.4 Å². The topological polar surface area (TPSA) is 125 Å². The lowest BCUT2D eigenvalue weighted by Gasteiger charge is -2.44. The van der Waals surface area contributed by atoms with Gasteiger partial charge in [-0.3, -0.25) is 19.4 Å². The number of aliphatic hydroxyl groups is 1. The number of benzene rings is 1. The zero-order chi connectivity index (χ0) is 32.5. The van der Waals surface area contributed by atoms with Gasteiger partial charge < -0.3 is 15.3 Å². The van der Waals surface area contributed by atoms with E-state index in [1.54, 1.807) is 23.3 Å². The highest BCUT2D eigenvalue weighted by molar-refractivity contribution is 6.31. The molecule has 3 aromatic heterocycles. The number of rotatable bonds is 10. The van der Waals surface area contributed by atoms with E-state index >= 15 is 0 Å². The van der Waals surface area contributed by atoms with Crippen molar-refractivity contribution in [2.45, 2.75) is 63.3 Å². The van der Waals surface area contributed by atoms with E-state index in [0.29, 0.717) is 17.7 Å². The molecule has 2 unspecified atom stereocenters. The van der Waals surface area contributed by atoms with Crippen LogP contribution in [0.25, 0.3) is 11.3 Å². The maximum absolute atomic E-state index is 14.8. The number of aromatic nitrogens is 6. The minimum absolute atomic E-state index is 0.202. The average Bonchev–Trinajstić information content (AvgIpc) is 3.69. The predicted octanol–water partition coefficient (Wildman–Crippen LogP) is 5.15. The summed E-state index contributed by atoms with van der Waals surface area (Å²) in [5, 5.41) is 16.9. The molecule has 0 radical (unpaired) electrons. The van der Waals surface area contributed by atoms with Crippen molar-refractivity contribution in [1.29, 1.82) is 0 Å². The number of nitrogens with one attached hydrogen (secondary N) is 1. The molecule has 11 nitrogen and oxygen atoms in total. The molecule has 1 saturated heterocycles. The van der Waals surface area contributed by atoms with Crippen molar-refractivity contribution in [1.82, 2.24) is 34.6 Å². The standard InChI is InChI=1S/C31H33ClF3N9O2/c1-17(18-10-37-31(38-11-18)43-9-8-20(43)16-42(2)25-4-3-5-26(25)45)44-15-19(12-39-44)40-30(46)24-14-36-13-23(41-24)27-21(29(34)35)6-7-22(32)28(27)33/h6-7,10-15,17,20,25-26,29,45H,3-5,8-9,16H2,1-2H3,(H,40,46)/t17?,20?,25-,26-/m0/s1. The lowest BCUT2D eigenvalue weighted by atomic mass is 10.0. The average molecular weight is 656 g/mol. The number of carbonyl (C=O) groups excluding carboxylic acids is 1. The van der Waals surface area contributed by atoms with Gasteiger partial charge in [-0.1, -0.05) is 17.7 Å². The third-order valence-corrected chi connectivity index (χ3v) is 9.08. The Hall–Kier alpha value is -4.14. The van der Waals surface area contributed by atoms with Gasteiger partial charge in [0, 0.05) is 60.5 Å². The van der Waals surface area contributed by atoms with Crippen LogP contribution in [0.3, 0.4) is 0 Å². The van der Waals surface area contributed by atoms with Crippen LogP contribution in [0.1, 0.15) is 66.7 Å². The Morgan fingerprint density at radius 3 is 2.61 bits per heavy atom. The normalized spacial score (nSPS) is 20.3. The highest BCUT2D eigenvalue weighted by atomic mass is 35.5. The van der Waals surface area contributed by atoms with Crippen LogP contribution >= 0.6 is 11.6 Å². The van der Waals surface area contributed by atoms with E-state index in [0.717, 1.165) is 68.9 Å². The SMILES string of the molecule is CC(c1cnc(N2CCC2CN(C)[C@H]2CCC[C@@H]2O)nc1)n1cc(NC(=O)c2cncc(-c3c(C(F)F)ccc(Cl)c3F)n2)cn1. The lowest BCUT2D eigenvalue weighted by molar-refractivity contribution is 0.0788. The number of halogens is 4. The van der Waals surface area contributed by atoms with Gasteiger partial charge in [0.1, 0.15) is 5.69 Å². The van der Waals surface area contributed by atoms with Crippen molar-refractivity contribution in [2.24, 2.45) is 0 Å². The fraction of sp³-hybridized carbons (Fsp3) is 0.419. The predicted molar refractivity (Wildman–Crippen MR) is 165 cm³/mol. The van der Waals surface area contributed by atoms with Gasteiger partial charge in [0.05, 0.1) is 47.1 Å². The minimum atomic E-state index is -2.99. The summed E-state index contributed by atoms with van der Waals surface area (Å²) in [5.41, 5.74) is -0.427. The maximum atomic E-state index is 14.8. The summed E-state index contributed by atoms with van der Waals surface area (Å²) in [6.45, 7) is 3.63. The first-order chi connectivity index (χ1) is 22.1. The second-order valence-electron chi connectivity index (χ2n) is 11.7. The summed E-state index contributed by atoms with van der Waals surface area (Å²) in [6, 6.07) is 2.28. The molecule has 46 heavy (non-hydrogen) atoms. The van der Waals surface area contributed by atoms with E-state index in [2.05, 4.69) is 47.2 Å². The number of alkyl halides is 2. The van der Waals surface area contributed by atoms with Crippen molar-refractivity contribution < 1.29 is 23.1 Å². The number of anilines is 2. The van der Waals surface area contributed by atoms with E-state index in [1.807, 2.05) is 6.92 Å². The van der Waals surface area contributed by atoms with Gasteiger partial charge in [-0.05, 0) is 45.7 Å². The number of hydrogen-bond donors (Lipinski definition) is 2. The fourth-order valence-electron chi connectivity index (χ4n) is 6.06. The Morgan fingerprint density at radius 2 is 1.93 bits per heavy atom. The molecule has 1 aliphatic heterocycles. The van der Waals surface area contributed by atoms with Crippen LogP contribution in [0.2, 0.25) is 5.02 Å². The molecule has 6 rings (SSSR count). The molecule has 1 aliphatic carbocycles. The Labute approximate surface area is 268 Å². The molecule has 0 spiro atoms. The molecule has 4 heterocycles. The maximum Gasteiger partial charge on any atom is 0.275 e. The van der Waals surface area contributed by atoms with Crippen LogP contribution in [0.15, 0.2) is 49.3 Å². The van der Waals surface area contributed by atoms with Gasteiger partial charge in [0.15, 0.2) is 5.82 Å². The zero-order valence-corrected chi connectivity index (χ0v) is 25.9. The number of nitrogens with zero attached hydrogens (tertiary/aromatic N) is 8. The molecule has 242 valence electrons. The van der Waals surface area contributed by atoms with E-state index < -0.39 is 29.3 Å². The van der Waals surface area contributed by atoms with Crippen LogP contribution < -0.4 is 10.2 Å². The molecule has 1 aromatic carbocycles. The van der Waals surface area contributed by atoms with Crippen LogP contribution in [0.4, 0.5) is 24.8 Å². The first-order valence-electron chi connectivity index (χ1n) is 15.0. The first-order valence-corrected chi connectivity index (χ1v) is 15.4. The quantitative estimate of drug-likeness (QED) is 0.239. The molecule has 2 aliphatic rings. The second-order valence-corrected chi connectivity index (χ2v) is 12.1. The summed E-state index contributed by atoms with van der Waals surface area (Å²) in [5.74, 6) is -1.11. The second kappa shape index (κ2) is 13.3. The van der Waals surface area contributed by atoms with Crippen molar-refractivity contribution in [3.8, 4) is 11.3 Å². The van der Waals surface area contributed by atoms with E-state index in [9.17, 15) is 23.1 Å². The fourth-order valence-corrected chi connectivity index (χ4v) is 6.22. The van der Waals surface area contributed by atoms with Crippen molar-refractivity contribution in [3.05, 3.63) is 77.0 Å². The third kappa shape index (κ3) is 6.42. The summed E-state index contributed by atoms with van der Waals surface area (Å²) >= 11 is 5.82. The molecule has 2 fully saturated rings. The molecule has 4 aromatic rings. The van der Waals surface area contributed by atoms with E-state index in [-0.39, 0.29) is 34.6 Å². The Balaban J connectivity index is 1.10. The third-order valence-electron chi connectivity index (χ3n) is 8.79. The van der Waals surface area contributed by atoms with E-state index in [4.69, 9.17) is 11.6 Å². The van der Waals surface area contributed by atoms with Gasteiger partial charge in [-0.15, -0.1) is 0 Å². The number of amides is 1. The Bertz CT molecular complexity index is 1710. The summed E-state index contributed by atoms with van der Waals surface area (Å²) in [7, 11) is 2.07. The summed E-state index contributed by atoms with van der Waals surface area (Å²) in [4.78, 5) is 34.6. The monoisotopic (exact) mass is 655 g/mol. The smallest absolute Gasteiger partial charge is 0.275 e. The molecule has 0 bridgehead atoms. The largest absolute Gasteiger partial charge is 0.391 e. The van der Waals surface area contributed by atoms with E-state index in [1.165, 1.54) is 6.20 Å². The highest BCUT2D eigenvalue weighted by Gasteiger charge is 2.35. The Morgan fingerprint density at radius 1 is 1.15 bits per heavy atom. The molecular formula is C31H33ClF3N9O2. The number of aliphatic hydroxyl groups excluding tert-OH is 1. The summed E-state index contributed by atoms with van der Waals surface area (Å²) < 4.78 is 43.6. The molecule has 4 atom stereocenters. The molecule has 2 N–H and O–H groups in total. The number of likely N-dealkylation sites (N-methyl/N-ethyl adjacent to an activating group) is 1. The van der Waals surface area contributed by atoms with Crippen LogP contribution in [0.5, 0.6) is 0 Å². The summed E-state index contributed by atoms with van der Waals surface area (Å²) in [6.07, 6.45) is 9.55. The lowest BCUT2D eigenvalue weighted by Crippen LogP contribution is -2.55. The first kappa shape index (κ1) is 31.8. The minimum Gasteiger partial charge on any atom is -0.391 e. The van der Waals surface area contributed by atoms with Crippen LogP contribution in [-0.2, 0) is 0 Å². The number of carbonyl (C=O) groups is 1. The van der Waals surface area contributed by atoms with Crippen molar-refractivity contribution in [3.63, 3.8) is 0 Å². The Kier molecular flexibility index (Phi) is 9.20. The highest BCUT2D eigenvalue weighted by Crippen LogP contribution is 2.35. The molecule has 1 amide bonds. The molecule has 15 heteroatoms. The van der Waals surface area contributed by atoms with Crippen LogP contribution in [-0.4, -0.2) is 84.0 Å². The van der Waals surface area contributed by atoms with Gasteiger partial charge in [0.2, 0.25) is 5.95 Å². The van der Waals surface area contributed by atoms with Crippen LogP contribution in [0, 0.1) is 5.82 Å².